The summed E-state index contributed by atoms with van der Waals surface area (Å²) in [6.45, 7) is 10.4. The second-order valence-electron chi connectivity index (χ2n) is 4.74. The molecule has 1 aliphatic rings. The van der Waals surface area contributed by atoms with Crippen LogP contribution in [0.4, 0.5) is 5.69 Å². The van der Waals surface area contributed by atoms with Crippen LogP contribution in [0.3, 0.4) is 0 Å². The smallest absolute Gasteiger partial charge is 0.0536 e. The summed E-state index contributed by atoms with van der Waals surface area (Å²) in [6, 6.07) is 2.16. The van der Waals surface area contributed by atoms with Crippen LogP contribution < -0.4 is 5.32 Å². The van der Waals surface area contributed by atoms with Crippen LogP contribution in [0.2, 0.25) is 0 Å². The van der Waals surface area contributed by atoms with Crippen molar-refractivity contribution in [3.8, 4) is 0 Å². The van der Waals surface area contributed by atoms with E-state index < -0.39 is 0 Å². The number of nitrogens with zero attached hydrogens (tertiary/aromatic N) is 1. The average molecular weight is 218 g/mol. The number of hydrogen-bond donors (Lipinski definition) is 1. The van der Waals surface area contributed by atoms with E-state index in [0.29, 0.717) is 0 Å². The second-order valence-corrected chi connectivity index (χ2v) is 4.74. The molecule has 0 unspecified atom stereocenters. The van der Waals surface area contributed by atoms with Crippen molar-refractivity contribution in [3.05, 3.63) is 29.6 Å². The molecular formula is C14H22N2. The fraction of sp³-hybridized carbons (Fsp3) is 0.500. The first-order chi connectivity index (χ1) is 7.54. The highest BCUT2D eigenvalue weighted by atomic mass is 15.0. The van der Waals surface area contributed by atoms with Gasteiger partial charge in [0.15, 0.2) is 0 Å². The van der Waals surface area contributed by atoms with Gasteiger partial charge in [0.05, 0.1) is 17.6 Å². The van der Waals surface area contributed by atoms with Crippen molar-refractivity contribution < 1.29 is 0 Å². The Kier molecular flexibility index (Phi) is 4.11. The zero-order chi connectivity index (χ0) is 12.2. The molecule has 16 heavy (non-hydrogen) atoms. The quantitative estimate of drug-likeness (QED) is 0.773. The van der Waals surface area contributed by atoms with E-state index in [0.717, 1.165) is 12.1 Å². The van der Waals surface area contributed by atoms with Gasteiger partial charge >= 0.3 is 0 Å². The van der Waals surface area contributed by atoms with Crippen molar-refractivity contribution in [1.29, 1.82) is 0 Å². The van der Waals surface area contributed by atoms with Crippen molar-refractivity contribution >= 4 is 11.8 Å². The van der Waals surface area contributed by atoms with Crippen molar-refractivity contribution in [1.82, 2.24) is 4.98 Å². The first-order valence-electron chi connectivity index (χ1n) is 5.98. The number of pyridine rings is 1. The van der Waals surface area contributed by atoms with Crippen molar-refractivity contribution in [2.24, 2.45) is 0 Å². The summed E-state index contributed by atoms with van der Waals surface area (Å²) in [6.07, 6.45) is 7.18. The zero-order valence-corrected chi connectivity index (χ0v) is 11.0. The minimum Gasteiger partial charge on any atom is -0.379 e. The van der Waals surface area contributed by atoms with Crippen molar-refractivity contribution in [3.63, 3.8) is 0 Å². The van der Waals surface area contributed by atoms with Gasteiger partial charge in [-0.05, 0) is 32.4 Å². The summed E-state index contributed by atoms with van der Waals surface area (Å²) < 4.78 is 0. The molecule has 2 nitrogen and oxygen atoms in total. The molecule has 1 aliphatic carbocycles. The van der Waals surface area contributed by atoms with Crippen LogP contribution in [0.25, 0.3) is 6.08 Å². The molecule has 0 aliphatic heterocycles. The van der Waals surface area contributed by atoms with Gasteiger partial charge in [-0.1, -0.05) is 26.0 Å². The highest BCUT2D eigenvalue weighted by Crippen LogP contribution is 2.22. The van der Waals surface area contributed by atoms with Gasteiger partial charge in [-0.2, -0.15) is 0 Å². The maximum absolute atomic E-state index is 4.42. The van der Waals surface area contributed by atoms with Gasteiger partial charge in [0.1, 0.15) is 0 Å². The van der Waals surface area contributed by atoms with E-state index in [1.807, 2.05) is 20.0 Å². The molecule has 0 atom stereocenters. The van der Waals surface area contributed by atoms with E-state index in [-0.39, 0.29) is 5.54 Å². The standard InChI is InChI=1S/C12H16N2.C2H6/c1-12(2,3)14-10-7-9-5-4-6-11(9)13-8-10;1-2/h4-5,7-8,14H,6H2,1-3H3;1-2H3. The van der Waals surface area contributed by atoms with E-state index in [2.05, 4.69) is 49.3 Å². The van der Waals surface area contributed by atoms with E-state index >= 15 is 0 Å². The van der Waals surface area contributed by atoms with Crippen molar-refractivity contribution in [2.45, 2.75) is 46.6 Å². The molecule has 0 amide bonds. The Labute approximate surface area is 98.8 Å². The summed E-state index contributed by atoms with van der Waals surface area (Å²) in [7, 11) is 0. The number of hydrogen-bond acceptors (Lipinski definition) is 2. The molecule has 0 saturated heterocycles. The molecule has 1 aromatic rings. The van der Waals surface area contributed by atoms with Gasteiger partial charge in [-0.3, -0.25) is 4.98 Å². The Bertz CT molecular complexity index is 373. The van der Waals surface area contributed by atoms with Crippen LogP contribution in [0.1, 0.15) is 45.9 Å². The molecular weight excluding hydrogens is 196 g/mol. The third-order valence-electron chi connectivity index (χ3n) is 2.13. The molecule has 1 heterocycles. The minimum absolute atomic E-state index is 0.0955. The predicted molar refractivity (Wildman–Crippen MR) is 71.7 cm³/mol. The second kappa shape index (κ2) is 5.15. The third kappa shape index (κ3) is 3.37. The molecule has 0 fully saturated rings. The maximum Gasteiger partial charge on any atom is 0.0536 e. The first-order valence-corrected chi connectivity index (χ1v) is 5.98. The lowest BCUT2D eigenvalue weighted by molar-refractivity contribution is 0.633. The van der Waals surface area contributed by atoms with Gasteiger partial charge in [-0.15, -0.1) is 0 Å². The molecule has 1 N–H and O–H groups in total. The number of rotatable bonds is 1. The summed E-state index contributed by atoms with van der Waals surface area (Å²) in [5.74, 6) is 0. The SMILES string of the molecule is CC.CC(C)(C)Nc1cnc2c(c1)C=CC2. The van der Waals surface area contributed by atoms with Crippen LogP contribution in [0.5, 0.6) is 0 Å². The molecule has 1 aromatic heterocycles. The van der Waals surface area contributed by atoms with E-state index in [1.54, 1.807) is 0 Å². The molecule has 0 bridgehead atoms. The Morgan fingerprint density at radius 1 is 1.25 bits per heavy atom. The van der Waals surface area contributed by atoms with Crippen LogP contribution in [-0.2, 0) is 6.42 Å². The lowest BCUT2D eigenvalue weighted by Crippen LogP contribution is -2.26. The van der Waals surface area contributed by atoms with Crippen LogP contribution in [0, 0.1) is 0 Å². The monoisotopic (exact) mass is 218 g/mol. The zero-order valence-electron chi connectivity index (χ0n) is 11.0. The first kappa shape index (κ1) is 12.8. The Morgan fingerprint density at radius 2 is 1.94 bits per heavy atom. The molecule has 2 heteroatoms. The summed E-state index contributed by atoms with van der Waals surface area (Å²) >= 11 is 0. The van der Waals surface area contributed by atoms with Gasteiger partial charge in [0.2, 0.25) is 0 Å². The third-order valence-corrected chi connectivity index (χ3v) is 2.13. The predicted octanol–water partition coefficient (Wildman–Crippen LogP) is 3.89. The number of allylic oxidation sites excluding steroid dienone is 1. The summed E-state index contributed by atoms with van der Waals surface area (Å²) in [4.78, 5) is 4.42. The van der Waals surface area contributed by atoms with Crippen LogP contribution in [-0.4, -0.2) is 10.5 Å². The topological polar surface area (TPSA) is 24.9 Å². The van der Waals surface area contributed by atoms with E-state index in [1.165, 1.54) is 11.3 Å². The molecule has 0 radical (unpaired) electrons. The molecule has 2 rings (SSSR count). The number of fused-ring (bicyclic) bond motifs is 1. The van der Waals surface area contributed by atoms with E-state index in [4.69, 9.17) is 0 Å². The maximum atomic E-state index is 4.42. The number of nitrogens with one attached hydrogen (secondary N) is 1. The number of aromatic nitrogens is 1. The Morgan fingerprint density at radius 3 is 2.56 bits per heavy atom. The minimum atomic E-state index is 0.0955. The normalized spacial score (nSPS) is 12.8. The average Bonchev–Trinajstić information content (AvgIpc) is 2.65. The lowest BCUT2D eigenvalue weighted by atomic mass is 10.1. The largest absolute Gasteiger partial charge is 0.379 e. The summed E-state index contributed by atoms with van der Waals surface area (Å²) in [5, 5.41) is 3.41. The van der Waals surface area contributed by atoms with Crippen LogP contribution >= 0.6 is 0 Å². The summed E-state index contributed by atoms with van der Waals surface area (Å²) in [5.41, 5.74) is 3.63. The molecule has 0 saturated carbocycles. The van der Waals surface area contributed by atoms with Gasteiger partial charge in [0, 0.05) is 12.0 Å². The molecule has 0 spiro atoms. The van der Waals surface area contributed by atoms with Gasteiger partial charge in [-0.25, -0.2) is 0 Å². The molecule has 0 aromatic carbocycles. The highest BCUT2D eigenvalue weighted by Gasteiger charge is 2.12. The van der Waals surface area contributed by atoms with Crippen LogP contribution in [0.15, 0.2) is 18.3 Å². The highest BCUT2D eigenvalue weighted by molar-refractivity contribution is 5.62. The van der Waals surface area contributed by atoms with Crippen molar-refractivity contribution in [2.75, 3.05) is 5.32 Å². The number of anilines is 1. The fourth-order valence-corrected chi connectivity index (χ4v) is 1.62. The molecule has 88 valence electrons. The Hall–Kier alpha value is -1.31. The Balaban J connectivity index is 0.000000606. The fourth-order valence-electron chi connectivity index (χ4n) is 1.62. The van der Waals surface area contributed by atoms with E-state index in [9.17, 15) is 0 Å². The lowest BCUT2D eigenvalue weighted by Gasteiger charge is -2.22. The van der Waals surface area contributed by atoms with Gasteiger partial charge in [0.25, 0.3) is 0 Å². The van der Waals surface area contributed by atoms with Gasteiger partial charge < -0.3 is 5.32 Å².